The molecule has 0 saturated heterocycles. The molecule has 0 aliphatic carbocycles. The molecule has 0 bridgehead atoms. The molecule has 0 radical (unpaired) electrons. The van der Waals surface area contributed by atoms with Gasteiger partial charge in [-0.25, -0.2) is 4.39 Å². The summed E-state index contributed by atoms with van der Waals surface area (Å²) in [6.45, 7) is 3.43. The smallest absolute Gasteiger partial charge is 0.123 e. The van der Waals surface area contributed by atoms with E-state index in [1.54, 1.807) is 23.5 Å². The van der Waals surface area contributed by atoms with E-state index in [1.807, 2.05) is 7.05 Å². The highest BCUT2D eigenvalue weighted by Gasteiger charge is 2.11. The predicted octanol–water partition coefficient (Wildman–Crippen LogP) is 3.36. The average Bonchev–Trinajstić information content (AvgIpc) is 2.75. The number of hydrogen-bond donors (Lipinski definition) is 1. The van der Waals surface area contributed by atoms with E-state index < -0.39 is 6.10 Å². The lowest BCUT2D eigenvalue weighted by Crippen LogP contribution is -2.23. The molecule has 1 atom stereocenters. The molecule has 19 heavy (non-hydrogen) atoms. The van der Waals surface area contributed by atoms with Gasteiger partial charge >= 0.3 is 0 Å². The lowest BCUT2D eigenvalue weighted by molar-refractivity contribution is 0.124. The second-order valence-electron chi connectivity index (χ2n) is 4.78. The molecule has 0 saturated carbocycles. The van der Waals surface area contributed by atoms with Gasteiger partial charge in [0.05, 0.1) is 6.10 Å². The number of hydrogen-bond acceptors (Lipinski definition) is 3. The molecule has 1 aromatic heterocycles. The number of nitrogens with zero attached hydrogens (tertiary/aromatic N) is 1. The van der Waals surface area contributed by atoms with Gasteiger partial charge in [0.15, 0.2) is 0 Å². The van der Waals surface area contributed by atoms with E-state index in [-0.39, 0.29) is 5.82 Å². The number of benzene rings is 1. The number of likely N-dealkylation sites (N-methyl/N-ethyl adjacent to an activating group) is 1. The van der Waals surface area contributed by atoms with Gasteiger partial charge in [-0.15, -0.1) is 11.3 Å². The number of aryl methyl sites for hydroxylation is 1. The summed E-state index contributed by atoms with van der Waals surface area (Å²) >= 11 is 1.77. The molecule has 102 valence electrons. The lowest BCUT2D eigenvalue weighted by atomic mass is 10.1. The fourth-order valence-electron chi connectivity index (χ4n) is 1.99. The number of aliphatic hydroxyl groups excluding tert-OH is 1. The number of halogens is 1. The number of rotatable bonds is 5. The third-order valence-electron chi connectivity index (χ3n) is 2.96. The molecule has 2 aromatic rings. The van der Waals surface area contributed by atoms with Crippen LogP contribution in [0.4, 0.5) is 4.39 Å². The van der Waals surface area contributed by atoms with E-state index in [0.29, 0.717) is 6.54 Å². The maximum Gasteiger partial charge on any atom is 0.123 e. The van der Waals surface area contributed by atoms with Gasteiger partial charge in [-0.2, -0.15) is 0 Å². The summed E-state index contributed by atoms with van der Waals surface area (Å²) < 4.78 is 12.8. The molecule has 1 aromatic carbocycles. The van der Waals surface area contributed by atoms with Crippen molar-refractivity contribution in [1.29, 1.82) is 0 Å². The minimum atomic E-state index is -0.591. The van der Waals surface area contributed by atoms with Crippen molar-refractivity contribution in [3.05, 3.63) is 57.5 Å². The molecule has 2 rings (SSSR count). The number of thiophene rings is 1. The predicted molar refractivity (Wildman–Crippen MR) is 76.7 cm³/mol. The Morgan fingerprint density at radius 2 is 1.89 bits per heavy atom. The first-order valence-corrected chi connectivity index (χ1v) is 7.03. The lowest BCUT2D eigenvalue weighted by Gasteiger charge is -2.20. The molecule has 2 nitrogen and oxygen atoms in total. The summed E-state index contributed by atoms with van der Waals surface area (Å²) in [4.78, 5) is 4.65. The Morgan fingerprint density at radius 1 is 1.21 bits per heavy atom. The Bertz CT molecular complexity index is 523. The van der Waals surface area contributed by atoms with Crippen LogP contribution < -0.4 is 0 Å². The molecule has 1 unspecified atom stereocenters. The minimum Gasteiger partial charge on any atom is -0.387 e. The molecule has 0 amide bonds. The topological polar surface area (TPSA) is 23.5 Å². The summed E-state index contributed by atoms with van der Waals surface area (Å²) in [5.74, 6) is -0.279. The van der Waals surface area contributed by atoms with Crippen molar-refractivity contribution in [1.82, 2.24) is 4.90 Å². The van der Waals surface area contributed by atoms with Gasteiger partial charge in [-0.1, -0.05) is 12.1 Å². The average molecular weight is 279 g/mol. The summed E-state index contributed by atoms with van der Waals surface area (Å²) in [6, 6.07) is 10.2. The Hall–Kier alpha value is -1.23. The van der Waals surface area contributed by atoms with Gasteiger partial charge < -0.3 is 5.11 Å². The number of aliphatic hydroxyl groups is 1. The molecular formula is C15H18FNOS. The normalized spacial score (nSPS) is 12.9. The van der Waals surface area contributed by atoms with Crippen molar-refractivity contribution in [2.45, 2.75) is 19.6 Å². The van der Waals surface area contributed by atoms with Crippen molar-refractivity contribution in [2.75, 3.05) is 13.6 Å². The van der Waals surface area contributed by atoms with Gasteiger partial charge in [0.25, 0.3) is 0 Å². The van der Waals surface area contributed by atoms with Crippen molar-refractivity contribution in [3.63, 3.8) is 0 Å². The van der Waals surface area contributed by atoms with Gasteiger partial charge in [0.2, 0.25) is 0 Å². The van der Waals surface area contributed by atoms with Crippen molar-refractivity contribution < 1.29 is 9.50 Å². The summed E-state index contributed by atoms with van der Waals surface area (Å²) in [5.41, 5.74) is 0.746. The Morgan fingerprint density at radius 3 is 2.47 bits per heavy atom. The van der Waals surface area contributed by atoms with E-state index >= 15 is 0 Å². The largest absolute Gasteiger partial charge is 0.387 e. The van der Waals surface area contributed by atoms with Crippen LogP contribution in [0.25, 0.3) is 0 Å². The van der Waals surface area contributed by atoms with Crippen molar-refractivity contribution in [3.8, 4) is 0 Å². The zero-order chi connectivity index (χ0) is 13.8. The van der Waals surface area contributed by atoms with Crippen LogP contribution in [0.3, 0.4) is 0 Å². The highest BCUT2D eigenvalue weighted by atomic mass is 32.1. The van der Waals surface area contributed by atoms with Crippen molar-refractivity contribution >= 4 is 11.3 Å². The molecule has 1 N–H and O–H groups in total. The first kappa shape index (κ1) is 14.2. The first-order valence-electron chi connectivity index (χ1n) is 6.22. The standard InChI is InChI=1S/C15H18FNOS/c1-11-3-8-14(19-11)9-17(2)10-15(18)12-4-6-13(16)7-5-12/h3-8,15,18H,9-10H2,1-2H3. The second kappa shape index (κ2) is 6.28. The van der Waals surface area contributed by atoms with Gasteiger partial charge in [0.1, 0.15) is 5.82 Å². The van der Waals surface area contributed by atoms with Crippen LogP contribution >= 0.6 is 11.3 Å². The second-order valence-corrected chi connectivity index (χ2v) is 6.15. The maximum atomic E-state index is 12.8. The Balaban J connectivity index is 1.91. The van der Waals surface area contributed by atoms with Crippen LogP contribution in [0.15, 0.2) is 36.4 Å². The molecule has 4 heteroatoms. The molecule has 0 fully saturated rings. The van der Waals surface area contributed by atoms with E-state index in [1.165, 1.54) is 21.9 Å². The highest BCUT2D eigenvalue weighted by molar-refractivity contribution is 7.11. The fourth-order valence-corrected chi connectivity index (χ4v) is 2.96. The highest BCUT2D eigenvalue weighted by Crippen LogP contribution is 2.19. The monoisotopic (exact) mass is 279 g/mol. The van der Waals surface area contributed by atoms with E-state index in [2.05, 4.69) is 24.0 Å². The Labute approximate surface area is 117 Å². The van der Waals surface area contributed by atoms with Crippen LogP contribution in [0.2, 0.25) is 0 Å². The summed E-state index contributed by atoms with van der Waals surface area (Å²) in [7, 11) is 1.97. The summed E-state index contributed by atoms with van der Waals surface area (Å²) in [6.07, 6.45) is -0.591. The summed E-state index contributed by atoms with van der Waals surface area (Å²) in [5, 5.41) is 10.1. The van der Waals surface area contributed by atoms with Crippen LogP contribution in [0.1, 0.15) is 21.4 Å². The van der Waals surface area contributed by atoms with Gasteiger partial charge in [-0.3, -0.25) is 4.90 Å². The third-order valence-corrected chi connectivity index (χ3v) is 3.95. The van der Waals surface area contributed by atoms with E-state index in [4.69, 9.17) is 0 Å². The molecule has 0 spiro atoms. The Kier molecular flexibility index (Phi) is 4.69. The fraction of sp³-hybridized carbons (Fsp3) is 0.333. The van der Waals surface area contributed by atoms with Crippen LogP contribution in [0, 0.1) is 12.7 Å². The molecule has 0 aliphatic heterocycles. The molecular weight excluding hydrogens is 261 g/mol. The van der Waals surface area contributed by atoms with Crippen LogP contribution in [-0.2, 0) is 6.54 Å². The maximum absolute atomic E-state index is 12.8. The van der Waals surface area contributed by atoms with Crippen LogP contribution in [0.5, 0.6) is 0 Å². The quantitative estimate of drug-likeness (QED) is 0.907. The van der Waals surface area contributed by atoms with Gasteiger partial charge in [0, 0.05) is 22.8 Å². The minimum absolute atomic E-state index is 0.279. The first-order chi connectivity index (χ1) is 9.04. The van der Waals surface area contributed by atoms with E-state index in [0.717, 1.165) is 12.1 Å². The molecule has 0 aliphatic rings. The van der Waals surface area contributed by atoms with Crippen LogP contribution in [-0.4, -0.2) is 23.6 Å². The molecule has 1 heterocycles. The van der Waals surface area contributed by atoms with Crippen molar-refractivity contribution in [2.24, 2.45) is 0 Å². The zero-order valence-corrected chi connectivity index (χ0v) is 12.0. The van der Waals surface area contributed by atoms with E-state index in [9.17, 15) is 9.50 Å². The zero-order valence-electron chi connectivity index (χ0n) is 11.1. The van der Waals surface area contributed by atoms with Gasteiger partial charge in [-0.05, 0) is 43.8 Å². The third kappa shape index (κ3) is 4.13. The SMILES string of the molecule is Cc1ccc(CN(C)CC(O)c2ccc(F)cc2)s1.